The summed E-state index contributed by atoms with van der Waals surface area (Å²) < 4.78 is 0. The van der Waals surface area contributed by atoms with Crippen molar-refractivity contribution in [3.8, 4) is 0 Å². The topological polar surface area (TPSA) is 32.3 Å². The Balaban J connectivity index is 1.72. The van der Waals surface area contributed by atoms with Gasteiger partial charge in [-0.05, 0) is 49.2 Å². The molecule has 1 heterocycles. The number of amides is 1. The molecule has 0 saturated heterocycles. The summed E-state index contributed by atoms with van der Waals surface area (Å²) in [6.45, 7) is 2.64. The van der Waals surface area contributed by atoms with Gasteiger partial charge in [0.25, 0.3) is 0 Å². The van der Waals surface area contributed by atoms with Crippen molar-refractivity contribution in [2.24, 2.45) is 0 Å². The minimum absolute atomic E-state index is 0.0925. The quantitative estimate of drug-likeness (QED) is 0.937. The number of fused-ring (bicyclic) bond motifs is 1. The zero-order valence-corrected chi connectivity index (χ0v) is 12.6. The Bertz CT molecular complexity index is 654. The van der Waals surface area contributed by atoms with E-state index >= 15 is 0 Å². The van der Waals surface area contributed by atoms with Gasteiger partial charge in [-0.15, -0.1) is 0 Å². The van der Waals surface area contributed by atoms with Crippen LogP contribution in [0.2, 0.25) is 5.02 Å². The third-order valence-electron chi connectivity index (χ3n) is 3.75. The van der Waals surface area contributed by atoms with Crippen LogP contribution in [0.4, 0.5) is 11.4 Å². The normalized spacial score (nSPS) is 14.7. The maximum atomic E-state index is 12.6. The minimum atomic E-state index is -0.280. The molecule has 0 radical (unpaired) electrons. The molecule has 0 fully saturated rings. The number of para-hydroxylation sites is 1. The van der Waals surface area contributed by atoms with Gasteiger partial charge in [-0.2, -0.15) is 0 Å². The number of nitrogens with one attached hydrogen (secondary N) is 1. The molecule has 4 heteroatoms. The predicted molar refractivity (Wildman–Crippen MR) is 87.0 cm³/mol. The van der Waals surface area contributed by atoms with E-state index < -0.39 is 0 Å². The van der Waals surface area contributed by atoms with E-state index in [1.807, 2.05) is 54.3 Å². The molecule has 3 rings (SSSR count). The molecule has 0 unspecified atom stereocenters. The van der Waals surface area contributed by atoms with E-state index in [1.165, 1.54) is 5.56 Å². The second-order valence-electron chi connectivity index (χ2n) is 5.24. The first-order valence-corrected chi connectivity index (χ1v) is 7.44. The number of anilines is 2. The molecule has 108 valence electrons. The molecule has 0 aromatic heterocycles. The van der Waals surface area contributed by atoms with E-state index in [0.717, 1.165) is 24.3 Å². The molecule has 0 spiro atoms. The van der Waals surface area contributed by atoms with Gasteiger partial charge < -0.3 is 10.2 Å². The molecule has 1 aliphatic rings. The fourth-order valence-electron chi connectivity index (χ4n) is 2.66. The molecule has 1 N–H and O–H groups in total. The molecular formula is C17H17ClN2O. The zero-order chi connectivity index (χ0) is 14.8. The summed E-state index contributed by atoms with van der Waals surface area (Å²) in [5.41, 5.74) is 3.17. The Morgan fingerprint density at radius 2 is 1.90 bits per heavy atom. The summed E-state index contributed by atoms with van der Waals surface area (Å²) in [7, 11) is 0. The molecule has 0 saturated carbocycles. The summed E-state index contributed by atoms with van der Waals surface area (Å²) in [4.78, 5) is 14.5. The van der Waals surface area contributed by atoms with Crippen LogP contribution in [0.1, 0.15) is 12.5 Å². The molecular weight excluding hydrogens is 284 g/mol. The van der Waals surface area contributed by atoms with E-state index in [4.69, 9.17) is 11.6 Å². The predicted octanol–water partition coefficient (Wildman–Crippen LogP) is 3.73. The first-order chi connectivity index (χ1) is 10.1. The summed E-state index contributed by atoms with van der Waals surface area (Å²) in [5, 5.41) is 3.91. The lowest BCUT2D eigenvalue weighted by molar-refractivity contribution is -0.118. The van der Waals surface area contributed by atoms with Crippen molar-refractivity contribution in [1.82, 2.24) is 0 Å². The molecule has 1 aliphatic heterocycles. The lowest BCUT2D eigenvalue weighted by Crippen LogP contribution is -2.40. The minimum Gasteiger partial charge on any atom is -0.374 e. The largest absolute Gasteiger partial charge is 0.374 e. The summed E-state index contributed by atoms with van der Waals surface area (Å²) in [6.07, 6.45) is 0.926. The third kappa shape index (κ3) is 2.88. The van der Waals surface area contributed by atoms with Gasteiger partial charge in [0.2, 0.25) is 5.91 Å². The van der Waals surface area contributed by atoms with Crippen molar-refractivity contribution in [1.29, 1.82) is 0 Å². The van der Waals surface area contributed by atoms with Crippen molar-refractivity contribution in [2.45, 2.75) is 19.4 Å². The summed E-state index contributed by atoms with van der Waals surface area (Å²) >= 11 is 5.87. The summed E-state index contributed by atoms with van der Waals surface area (Å²) in [5.74, 6) is 0.0925. The smallest absolute Gasteiger partial charge is 0.249 e. The number of carbonyl (C=O) groups excluding carboxylic acids is 1. The lowest BCUT2D eigenvalue weighted by atomic mass is 10.2. The molecule has 0 bridgehead atoms. The average Bonchev–Trinajstić information content (AvgIpc) is 2.92. The van der Waals surface area contributed by atoms with Crippen LogP contribution >= 0.6 is 11.6 Å². The van der Waals surface area contributed by atoms with Gasteiger partial charge in [0.1, 0.15) is 6.04 Å². The van der Waals surface area contributed by atoms with Crippen LogP contribution in [0.15, 0.2) is 48.5 Å². The van der Waals surface area contributed by atoms with Crippen LogP contribution in [0.25, 0.3) is 0 Å². The van der Waals surface area contributed by atoms with Crippen molar-refractivity contribution < 1.29 is 4.79 Å². The second-order valence-corrected chi connectivity index (χ2v) is 5.68. The number of rotatable bonds is 3. The van der Waals surface area contributed by atoms with E-state index in [-0.39, 0.29) is 11.9 Å². The fourth-order valence-corrected chi connectivity index (χ4v) is 2.78. The fraction of sp³-hybridized carbons (Fsp3) is 0.235. The second kappa shape index (κ2) is 5.78. The highest BCUT2D eigenvalue weighted by atomic mass is 35.5. The van der Waals surface area contributed by atoms with Crippen molar-refractivity contribution in [3.63, 3.8) is 0 Å². The molecule has 1 amide bonds. The Morgan fingerprint density at radius 3 is 2.67 bits per heavy atom. The Labute approximate surface area is 129 Å². The van der Waals surface area contributed by atoms with Crippen LogP contribution in [-0.2, 0) is 11.2 Å². The van der Waals surface area contributed by atoms with E-state index in [0.29, 0.717) is 5.02 Å². The Kier molecular flexibility index (Phi) is 3.84. The molecule has 3 nitrogen and oxygen atoms in total. The first kappa shape index (κ1) is 14.0. The van der Waals surface area contributed by atoms with Crippen LogP contribution in [0, 0.1) is 0 Å². The highest BCUT2D eigenvalue weighted by Crippen LogP contribution is 2.28. The molecule has 1 atom stereocenters. The monoisotopic (exact) mass is 300 g/mol. The number of benzene rings is 2. The van der Waals surface area contributed by atoms with E-state index in [2.05, 4.69) is 11.4 Å². The number of carbonyl (C=O) groups is 1. The maximum absolute atomic E-state index is 12.6. The van der Waals surface area contributed by atoms with E-state index in [1.54, 1.807) is 0 Å². The van der Waals surface area contributed by atoms with Gasteiger partial charge in [-0.3, -0.25) is 4.79 Å². The number of hydrogen-bond donors (Lipinski definition) is 1. The number of nitrogens with zero attached hydrogens (tertiary/aromatic N) is 1. The average molecular weight is 301 g/mol. The van der Waals surface area contributed by atoms with Crippen LogP contribution in [0.5, 0.6) is 0 Å². The Hall–Kier alpha value is -2.00. The number of hydrogen-bond acceptors (Lipinski definition) is 2. The zero-order valence-electron chi connectivity index (χ0n) is 11.8. The SMILES string of the molecule is C[C@H](Nc1ccc(Cl)cc1)C(=O)N1CCc2ccccc21. The van der Waals surface area contributed by atoms with Crippen molar-refractivity contribution in [3.05, 3.63) is 59.1 Å². The molecule has 2 aromatic rings. The van der Waals surface area contributed by atoms with E-state index in [9.17, 15) is 4.79 Å². The lowest BCUT2D eigenvalue weighted by Gasteiger charge is -2.23. The number of halogens is 1. The molecule has 21 heavy (non-hydrogen) atoms. The van der Waals surface area contributed by atoms with Crippen molar-refractivity contribution >= 4 is 28.9 Å². The van der Waals surface area contributed by atoms with Gasteiger partial charge >= 0.3 is 0 Å². The van der Waals surface area contributed by atoms with Gasteiger partial charge in [0.05, 0.1) is 0 Å². The Morgan fingerprint density at radius 1 is 1.19 bits per heavy atom. The third-order valence-corrected chi connectivity index (χ3v) is 4.00. The van der Waals surface area contributed by atoms with Crippen LogP contribution in [-0.4, -0.2) is 18.5 Å². The highest BCUT2D eigenvalue weighted by molar-refractivity contribution is 6.30. The first-order valence-electron chi connectivity index (χ1n) is 7.06. The van der Waals surface area contributed by atoms with Gasteiger partial charge in [-0.1, -0.05) is 29.8 Å². The van der Waals surface area contributed by atoms with Crippen LogP contribution in [0.3, 0.4) is 0 Å². The molecule has 0 aliphatic carbocycles. The van der Waals surface area contributed by atoms with Crippen LogP contribution < -0.4 is 10.2 Å². The van der Waals surface area contributed by atoms with Gasteiger partial charge in [-0.25, -0.2) is 0 Å². The highest BCUT2D eigenvalue weighted by Gasteiger charge is 2.27. The summed E-state index contributed by atoms with van der Waals surface area (Å²) in [6, 6.07) is 15.2. The van der Waals surface area contributed by atoms with Crippen molar-refractivity contribution in [2.75, 3.05) is 16.8 Å². The molecule has 2 aromatic carbocycles. The van der Waals surface area contributed by atoms with Gasteiger partial charge in [0, 0.05) is 22.9 Å². The standard InChI is InChI=1S/C17H17ClN2O/c1-12(19-15-8-6-14(18)7-9-15)17(21)20-11-10-13-4-2-3-5-16(13)20/h2-9,12,19H,10-11H2,1H3/t12-/m0/s1. The van der Waals surface area contributed by atoms with Gasteiger partial charge in [0.15, 0.2) is 0 Å². The maximum Gasteiger partial charge on any atom is 0.249 e.